The summed E-state index contributed by atoms with van der Waals surface area (Å²) in [5.41, 5.74) is 0. The van der Waals surface area contributed by atoms with Gasteiger partial charge in [0, 0.05) is 25.9 Å². The Kier molecular flexibility index (Phi) is 6.50. The lowest BCUT2D eigenvalue weighted by Crippen LogP contribution is -2.53. The molecule has 5 nitrogen and oxygen atoms in total. The SMILES string of the molecule is CC(=O)N1CCC(C2CC(C3CCC(C)CC3)C2C(=O)Nc2ncc(Cl)s2)CC1. The zero-order valence-corrected chi connectivity index (χ0v) is 19.0. The number of aromatic nitrogens is 1. The van der Waals surface area contributed by atoms with Crippen molar-refractivity contribution in [3.63, 3.8) is 0 Å². The molecule has 0 radical (unpaired) electrons. The van der Waals surface area contributed by atoms with Gasteiger partial charge in [-0.2, -0.15) is 0 Å². The molecule has 0 spiro atoms. The van der Waals surface area contributed by atoms with Gasteiger partial charge < -0.3 is 10.2 Å². The third-order valence-corrected chi connectivity index (χ3v) is 8.76. The number of rotatable bonds is 4. The first-order valence-corrected chi connectivity index (χ1v) is 12.3. The van der Waals surface area contributed by atoms with E-state index in [1.807, 2.05) is 4.90 Å². The van der Waals surface area contributed by atoms with E-state index in [0.29, 0.717) is 33.1 Å². The van der Waals surface area contributed by atoms with Crippen LogP contribution in [-0.2, 0) is 9.59 Å². The lowest BCUT2D eigenvalue weighted by molar-refractivity contribution is -0.139. The van der Waals surface area contributed by atoms with E-state index in [1.165, 1.54) is 43.4 Å². The van der Waals surface area contributed by atoms with Crippen LogP contribution in [0.4, 0.5) is 5.13 Å². The zero-order valence-electron chi connectivity index (χ0n) is 17.4. The number of thiazole rings is 1. The maximum Gasteiger partial charge on any atom is 0.229 e. The molecule has 2 aliphatic carbocycles. The number of hydrogen-bond acceptors (Lipinski definition) is 4. The molecule has 2 heterocycles. The largest absolute Gasteiger partial charge is 0.343 e. The second-order valence-corrected chi connectivity index (χ2v) is 11.1. The van der Waals surface area contributed by atoms with Crippen molar-refractivity contribution in [1.29, 1.82) is 0 Å². The topological polar surface area (TPSA) is 62.3 Å². The van der Waals surface area contributed by atoms with Crippen LogP contribution >= 0.6 is 22.9 Å². The maximum absolute atomic E-state index is 13.3. The van der Waals surface area contributed by atoms with Crippen LogP contribution in [0.5, 0.6) is 0 Å². The number of hydrogen-bond donors (Lipinski definition) is 1. The summed E-state index contributed by atoms with van der Waals surface area (Å²) < 4.78 is 0.597. The standard InChI is InChI=1S/C22H32ClN3O2S/c1-13-3-5-15(6-4-13)17-11-18(16-7-9-26(10-8-16)14(2)27)20(17)21(28)25-22-24-12-19(23)29-22/h12-13,15-18,20H,3-11H2,1-2H3,(H,24,25,28). The summed E-state index contributed by atoms with van der Waals surface area (Å²) in [5.74, 6) is 3.34. The quantitative estimate of drug-likeness (QED) is 0.714. The molecule has 1 aromatic rings. The molecule has 1 N–H and O–H groups in total. The van der Waals surface area contributed by atoms with Gasteiger partial charge in [-0.05, 0) is 61.7 Å². The predicted octanol–water partition coefficient (Wildman–Crippen LogP) is 5.07. The maximum atomic E-state index is 13.3. The summed E-state index contributed by atoms with van der Waals surface area (Å²) in [6.07, 6.45) is 9.90. The molecule has 3 aliphatic rings. The van der Waals surface area contributed by atoms with Crippen molar-refractivity contribution >= 4 is 39.9 Å². The van der Waals surface area contributed by atoms with Gasteiger partial charge in [0.15, 0.2) is 5.13 Å². The molecular weight excluding hydrogens is 406 g/mol. The van der Waals surface area contributed by atoms with Gasteiger partial charge in [-0.3, -0.25) is 9.59 Å². The van der Waals surface area contributed by atoms with Crippen LogP contribution in [0, 0.1) is 35.5 Å². The number of likely N-dealkylation sites (tertiary alicyclic amines) is 1. The van der Waals surface area contributed by atoms with E-state index in [9.17, 15) is 9.59 Å². The fourth-order valence-electron chi connectivity index (χ4n) is 5.95. The molecular formula is C22H32ClN3O2S. The van der Waals surface area contributed by atoms with E-state index < -0.39 is 0 Å². The number of piperidine rings is 1. The fourth-order valence-corrected chi connectivity index (χ4v) is 6.76. The van der Waals surface area contributed by atoms with Gasteiger partial charge in [-0.15, -0.1) is 0 Å². The van der Waals surface area contributed by atoms with Crippen LogP contribution < -0.4 is 5.32 Å². The van der Waals surface area contributed by atoms with Crippen molar-refractivity contribution in [2.24, 2.45) is 35.5 Å². The third-order valence-electron chi connectivity index (χ3n) is 7.73. The molecule has 3 atom stereocenters. The molecule has 1 saturated heterocycles. The summed E-state index contributed by atoms with van der Waals surface area (Å²) >= 11 is 7.32. The molecule has 1 aromatic heterocycles. The first-order valence-electron chi connectivity index (χ1n) is 11.1. The first-order chi connectivity index (χ1) is 13.9. The van der Waals surface area contributed by atoms with Crippen LogP contribution in [0.1, 0.15) is 58.8 Å². The van der Waals surface area contributed by atoms with Crippen molar-refractivity contribution < 1.29 is 9.59 Å². The van der Waals surface area contributed by atoms with E-state index in [4.69, 9.17) is 11.6 Å². The van der Waals surface area contributed by atoms with E-state index in [0.717, 1.165) is 31.8 Å². The van der Waals surface area contributed by atoms with Crippen LogP contribution in [0.15, 0.2) is 6.20 Å². The van der Waals surface area contributed by atoms with Crippen LogP contribution in [0.3, 0.4) is 0 Å². The smallest absolute Gasteiger partial charge is 0.229 e. The zero-order chi connectivity index (χ0) is 20.5. The Morgan fingerprint density at radius 3 is 2.28 bits per heavy atom. The van der Waals surface area contributed by atoms with Gasteiger partial charge in [0.05, 0.1) is 6.20 Å². The Morgan fingerprint density at radius 1 is 1.10 bits per heavy atom. The molecule has 4 rings (SSSR count). The van der Waals surface area contributed by atoms with Crippen molar-refractivity contribution in [2.45, 2.75) is 58.8 Å². The van der Waals surface area contributed by atoms with Crippen LogP contribution in [0.2, 0.25) is 4.34 Å². The second-order valence-electron chi connectivity index (χ2n) is 9.41. The van der Waals surface area contributed by atoms with Gasteiger partial charge in [-0.1, -0.05) is 42.7 Å². The number of halogens is 1. The average molecular weight is 438 g/mol. The lowest BCUT2D eigenvalue weighted by Gasteiger charge is -2.53. The van der Waals surface area contributed by atoms with Crippen molar-refractivity contribution in [3.05, 3.63) is 10.5 Å². The van der Waals surface area contributed by atoms with Crippen molar-refractivity contribution in [2.75, 3.05) is 18.4 Å². The highest BCUT2D eigenvalue weighted by molar-refractivity contribution is 7.19. The van der Waals surface area contributed by atoms with Gasteiger partial charge >= 0.3 is 0 Å². The normalized spacial score (nSPS) is 33.2. The number of amides is 2. The summed E-state index contributed by atoms with van der Waals surface area (Å²) in [4.78, 5) is 31.1. The first kappa shape index (κ1) is 21.1. The highest BCUT2D eigenvalue weighted by atomic mass is 35.5. The van der Waals surface area contributed by atoms with Gasteiger partial charge in [-0.25, -0.2) is 4.98 Å². The lowest BCUT2D eigenvalue weighted by atomic mass is 9.52. The molecule has 3 fully saturated rings. The minimum Gasteiger partial charge on any atom is -0.343 e. The Bertz CT molecular complexity index is 738. The molecule has 7 heteroatoms. The molecule has 0 aromatic carbocycles. The van der Waals surface area contributed by atoms with Crippen molar-refractivity contribution in [3.8, 4) is 0 Å². The molecule has 160 valence electrons. The molecule has 2 saturated carbocycles. The Hall–Kier alpha value is -1.14. The molecule has 1 aliphatic heterocycles. The molecule has 0 bridgehead atoms. The van der Waals surface area contributed by atoms with Crippen LogP contribution in [-0.4, -0.2) is 34.8 Å². The Labute approximate surface area is 182 Å². The summed E-state index contributed by atoms with van der Waals surface area (Å²) in [7, 11) is 0. The van der Waals surface area contributed by atoms with Gasteiger partial charge in [0.25, 0.3) is 0 Å². The van der Waals surface area contributed by atoms with E-state index in [2.05, 4.69) is 17.2 Å². The fraction of sp³-hybridized carbons (Fsp3) is 0.773. The molecule has 2 amide bonds. The molecule has 3 unspecified atom stereocenters. The number of carbonyl (C=O) groups is 2. The number of nitrogens with one attached hydrogen (secondary N) is 1. The molecule has 29 heavy (non-hydrogen) atoms. The van der Waals surface area contributed by atoms with E-state index in [1.54, 1.807) is 13.1 Å². The van der Waals surface area contributed by atoms with Gasteiger partial charge in [0.1, 0.15) is 4.34 Å². The summed E-state index contributed by atoms with van der Waals surface area (Å²) in [6.45, 7) is 5.66. The second kappa shape index (κ2) is 8.93. The number of carbonyl (C=O) groups excluding carboxylic acids is 2. The highest BCUT2D eigenvalue weighted by Crippen LogP contribution is 2.54. The summed E-state index contributed by atoms with van der Waals surface area (Å²) in [6, 6.07) is 0. The monoisotopic (exact) mass is 437 g/mol. The summed E-state index contributed by atoms with van der Waals surface area (Å²) in [5, 5.41) is 3.66. The Balaban J connectivity index is 1.44. The number of anilines is 1. The third kappa shape index (κ3) is 4.63. The van der Waals surface area contributed by atoms with Gasteiger partial charge in [0.2, 0.25) is 11.8 Å². The van der Waals surface area contributed by atoms with E-state index >= 15 is 0 Å². The number of nitrogens with zero attached hydrogens (tertiary/aromatic N) is 2. The average Bonchev–Trinajstić information content (AvgIpc) is 3.07. The van der Waals surface area contributed by atoms with E-state index in [-0.39, 0.29) is 17.7 Å². The predicted molar refractivity (Wildman–Crippen MR) is 117 cm³/mol. The minimum absolute atomic E-state index is 0.0740. The minimum atomic E-state index is 0.0740. The Morgan fingerprint density at radius 2 is 1.72 bits per heavy atom. The van der Waals surface area contributed by atoms with Crippen molar-refractivity contribution in [1.82, 2.24) is 9.88 Å². The highest BCUT2D eigenvalue weighted by Gasteiger charge is 2.52. The van der Waals surface area contributed by atoms with Crippen LogP contribution in [0.25, 0.3) is 0 Å².